The van der Waals surface area contributed by atoms with E-state index in [0.29, 0.717) is 22.0 Å². The fourth-order valence-corrected chi connectivity index (χ4v) is 3.55. The molecule has 8 heteroatoms. The molecule has 0 aromatic heterocycles. The topological polar surface area (TPSA) is 90.3 Å². The summed E-state index contributed by atoms with van der Waals surface area (Å²) in [6, 6.07) is 13.5. The fourth-order valence-electron chi connectivity index (χ4n) is 2.41. The molecule has 0 unspecified atom stereocenters. The first kappa shape index (κ1) is 19.8. The fraction of sp³-hybridized carbons (Fsp3) is 0.222. The van der Waals surface area contributed by atoms with Crippen LogP contribution in [0.25, 0.3) is 0 Å². The number of hydrogen-bond donors (Lipinski definition) is 1. The van der Waals surface area contributed by atoms with Crippen LogP contribution < -0.4 is 9.62 Å². The normalized spacial score (nSPS) is 10.8. The van der Waals surface area contributed by atoms with Crippen molar-refractivity contribution in [3.63, 3.8) is 0 Å². The van der Waals surface area contributed by atoms with Crippen molar-refractivity contribution < 1.29 is 13.2 Å². The molecule has 136 valence electrons. The summed E-state index contributed by atoms with van der Waals surface area (Å²) in [6.07, 6.45) is 1.04. The number of anilines is 2. The van der Waals surface area contributed by atoms with Gasteiger partial charge in [0.1, 0.15) is 0 Å². The molecule has 0 saturated carbocycles. The molecule has 0 bridgehead atoms. The van der Waals surface area contributed by atoms with Gasteiger partial charge in [0, 0.05) is 23.7 Å². The molecule has 0 radical (unpaired) electrons. The van der Waals surface area contributed by atoms with Crippen LogP contribution in [0.1, 0.15) is 17.5 Å². The second kappa shape index (κ2) is 8.21. The van der Waals surface area contributed by atoms with Gasteiger partial charge in [-0.15, -0.1) is 0 Å². The summed E-state index contributed by atoms with van der Waals surface area (Å²) in [6.45, 7) is 1.75. The number of carbonyl (C=O) groups excluding carboxylic acids is 1. The van der Waals surface area contributed by atoms with Gasteiger partial charge < -0.3 is 5.32 Å². The Hall–Kier alpha value is -2.56. The van der Waals surface area contributed by atoms with E-state index in [1.165, 1.54) is 4.31 Å². The molecule has 0 aliphatic heterocycles. The largest absolute Gasteiger partial charge is 0.326 e. The SMILES string of the molecule is Cc1ccc(Cl)cc1N(CCC(=O)Nc1cccc(C#N)c1)S(C)(=O)=O. The lowest BCUT2D eigenvalue weighted by Gasteiger charge is -2.24. The molecule has 0 aliphatic rings. The van der Waals surface area contributed by atoms with Crippen molar-refractivity contribution in [2.75, 3.05) is 22.4 Å². The van der Waals surface area contributed by atoms with E-state index < -0.39 is 10.0 Å². The third-order valence-electron chi connectivity index (χ3n) is 3.66. The van der Waals surface area contributed by atoms with Crippen LogP contribution in [0.15, 0.2) is 42.5 Å². The Labute approximate surface area is 158 Å². The van der Waals surface area contributed by atoms with Crippen molar-refractivity contribution in [3.8, 4) is 6.07 Å². The van der Waals surface area contributed by atoms with Crippen molar-refractivity contribution in [1.82, 2.24) is 0 Å². The molecule has 0 heterocycles. The molecular formula is C18H18ClN3O3S. The van der Waals surface area contributed by atoms with Crippen molar-refractivity contribution in [2.24, 2.45) is 0 Å². The number of sulfonamides is 1. The smallest absolute Gasteiger partial charge is 0.232 e. The number of carbonyl (C=O) groups is 1. The summed E-state index contributed by atoms with van der Waals surface area (Å²) in [5, 5.41) is 12.0. The molecule has 6 nitrogen and oxygen atoms in total. The van der Waals surface area contributed by atoms with E-state index in [2.05, 4.69) is 5.32 Å². The van der Waals surface area contributed by atoms with Gasteiger partial charge in [-0.3, -0.25) is 9.10 Å². The summed E-state index contributed by atoms with van der Waals surface area (Å²) in [5.41, 5.74) is 2.09. The van der Waals surface area contributed by atoms with Crippen molar-refractivity contribution in [1.29, 1.82) is 5.26 Å². The van der Waals surface area contributed by atoms with Gasteiger partial charge in [-0.25, -0.2) is 8.42 Å². The van der Waals surface area contributed by atoms with Crippen LogP contribution >= 0.6 is 11.6 Å². The predicted molar refractivity (Wildman–Crippen MR) is 103 cm³/mol. The van der Waals surface area contributed by atoms with Gasteiger partial charge in [0.15, 0.2) is 0 Å². The maximum absolute atomic E-state index is 12.2. The van der Waals surface area contributed by atoms with E-state index in [9.17, 15) is 13.2 Å². The minimum Gasteiger partial charge on any atom is -0.326 e. The van der Waals surface area contributed by atoms with Crippen LogP contribution in [0.5, 0.6) is 0 Å². The average Bonchev–Trinajstić information content (AvgIpc) is 2.57. The summed E-state index contributed by atoms with van der Waals surface area (Å²) in [7, 11) is -3.58. The van der Waals surface area contributed by atoms with E-state index in [1.807, 2.05) is 6.07 Å². The lowest BCUT2D eigenvalue weighted by atomic mass is 10.2. The monoisotopic (exact) mass is 391 g/mol. The molecule has 2 aromatic rings. The predicted octanol–water partition coefficient (Wildman–Crippen LogP) is 3.31. The Bertz CT molecular complexity index is 968. The van der Waals surface area contributed by atoms with Gasteiger partial charge in [0.2, 0.25) is 15.9 Å². The molecule has 0 saturated heterocycles. The number of benzene rings is 2. The number of nitriles is 1. The van der Waals surface area contributed by atoms with Crippen LogP contribution in [0.4, 0.5) is 11.4 Å². The van der Waals surface area contributed by atoms with Crippen LogP contribution in [0.3, 0.4) is 0 Å². The number of rotatable bonds is 6. The molecule has 1 amide bonds. The van der Waals surface area contributed by atoms with E-state index in [1.54, 1.807) is 49.4 Å². The second-order valence-electron chi connectivity index (χ2n) is 5.76. The zero-order valence-electron chi connectivity index (χ0n) is 14.4. The minimum absolute atomic E-state index is 0.0240. The lowest BCUT2D eigenvalue weighted by molar-refractivity contribution is -0.116. The number of hydrogen-bond acceptors (Lipinski definition) is 4. The Kier molecular flexibility index (Phi) is 6.24. The minimum atomic E-state index is -3.58. The molecule has 26 heavy (non-hydrogen) atoms. The molecule has 0 aliphatic carbocycles. The summed E-state index contributed by atoms with van der Waals surface area (Å²) >= 11 is 5.98. The van der Waals surface area contributed by atoms with E-state index in [-0.39, 0.29) is 18.9 Å². The molecule has 0 fully saturated rings. The molecule has 0 atom stereocenters. The quantitative estimate of drug-likeness (QED) is 0.817. The lowest BCUT2D eigenvalue weighted by Crippen LogP contribution is -2.33. The van der Waals surface area contributed by atoms with Gasteiger partial charge in [-0.05, 0) is 42.8 Å². The highest BCUT2D eigenvalue weighted by Crippen LogP contribution is 2.26. The second-order valence-corrected chi connectivity index (χ2v) is 8.10. The maximum atomic E-state index is 12.2. The standard InChI is InChI=1S/C18H18ClN3O3S/c1-13-6-7-15(19)11-17(13)22(26(2,24)25)9-8-18(23)21-16-5-3-4-14(10-16)12-20/h3-7,10-11H,8-9H2,1-2H3,(H,21,23). The Balaban J connectivity index is 2.14. The highest BCUT2D eigenvalue weighted by molar-refractivity contribution is 7.92. The van der Waals surface area contributed by atoms with Crippen LogP contribution in [0, 0.1) is 18.3 Å². The van der Waals surface area contributed by atoms with Crippen molar-refractivity contribution >= 4 is 38.9 Å². The van der Waals surface area contributed by atoms with E-state index in [0.717, 1.165) is 11.8 Å². The van der Waals surface area contributed by atoms with Crippen LogP contribution in [-0.2, 0) is 14.8 Å². The first-order chi connectivity index (χ1) is 12.2. The Morgan fingerprint density at radius 2 is 2.00 bits per heavy atom. The first-order valence-electron chi connectivity index (χ1n) is 7.74. The van der Waals surface area contributed by atoms with Gasteiger partial charge >= 0.3 is 0 Å². The van der Waals surface area contributed by atoms with E-state index in [4.69, 9.17) is 16.9 Å². The maximum Gasteiger partial charge on any atom is 0.232 e. The first-order valence-corrected chi connectivity index (χ1v) is 9.97. The Morgan fingerprint density at radius 1 is 1.27 bits per heavy atom. The molecule has 1 N–H and O–H groups in total. The number of aryl methyl sites for hydroxylation is 1. The highest BCUT2D eigenvalue weighted by Gasteiger charge is 2.20. The van der Waals surface area contributed by atoms with Crippen LogP contribution in [0.2, 0.25) is 5.02 Å². The molecule has 0 spiro atoms. The van der Waals surface area contributed by atoms with Gasteiger partial charge in [0.05, 0.1) is 23.6 Å². The average molecular weight is 392 g/mol. The molecule has 2 rings (SSSR count). The zero-order chi connectivity index (χ0) is 19.3. The molecular weight excluding hydrogens is 374 g/mol. The van der Waals surface area contributed by atoms with Gasteiger partial charge in [0.25, 0.3) is 0 Å². The van der Waals surface area contributed by atoms with Crippen LogP contribution in [-0.4, -0.2) is 27.1 Å². The summed E-state index contributed by atoms with van der Waals surface area (Å²) < 4.78 is 25.5. The number of amides is 1. The third-order valence-corrected chi connectivity index (χ3v) is 5.07. The van der Waals surface area contributed by atoms with Crippen molar-refractivity contribution in [3.05, 3.63) is 58.6 Å². The molecule has 2 aromatic carbocycles. The zero-order valence-corrected chi connectivity index (χ0v) is 15.9. The summed E-state index contributed by atoms with van der Waals surface area (Å²) in [4.78, 5) is 12.2. The van der Waals surface area contributed by atoms with Gasteiger partial charge in [-0.2, -0.15) is 5.26 Å². The van der Waals surface area contributed by atoms with Crippen molar-refractivity contribution in [2.45, 2.75) is 13.3 Å². The number of nitrogens with one attached hydrogen (secondary N) is 1. The number of halogens is 1. The highest BCUT2D eigenvalue weighted by atomic mass is 35.5. The third kappa shape index (κ3) is 5.22. The van der Waals surface area contributed by atoms with Gasteiger partial charge in [-0.1, -0.05) is 23.7 Å². The van der Waals surface area contributed by atoms with E-state index >= 15 is 0 Å². The summed E-state index contributed by atoms with van der Waals surface area (Å²) in [5.74, 6) is -0.353. The Morgan fingerprint density at radius 3 is 2.65 bits per heavy atom. The number of nitrogens with zero attached hydrogens (tertiary/aromatic N) is 2.